The lowest BCUT2D eigenvalue weighted by atomic mass is 9.95. The van der Waals surface area contributed by atoms with E-state index in [0.717, 1.165) is 31.2 Å². The van der Waals surface area contributed by atoms with E-state index in [0.29, 0.717) is 13.0 Å². The van der Waals surface area contributed by atoms with Gasteiger partial charge in [0.05, 0.1) is 5.92 Å². The van der Waals surface area contributed by atoms with Gasteiger partial charge in [0.2, 0.25) is 0 Å². The lowest BCUT2D eigenvalue weighted by Crippen LogP contribution is -2.47. The Morgan fingerprint density at radius 3 is 2.52 bits per heavy atom. The SMILES string of the molecule is O=C(NCc1ccccc1)NC1CCCCCC1C(=O)O. The maximum absolute atomic E-state index is 11.9. The fourth-order valence-corrected chi connectivity index (χ4v) is 2.77. The largest absolute Gasteiger partial charge is 0.481 e. The predicted octanol–water partition coefficient (Wildman–Crippen LogP) is 2.52. The zero-order chi connectivity index (χ0) is 15.1. The molecule has 0 aliphatic heterocycles. The van der Waals surface area contributed by atoms with Gasteiger partial charge >= 0.3 is 12.0 Å². The number of hydrogen-bond acceptors (Lipinski definition) is 2. The summed E-state index contributed by atoms with van der Waals surface area (Å²) in [7, 11) is 0. The molecule has 21 heavy (non-hydrogen) atoms. The van der Waals surface area contributed by atoms with E-state index in [1.807, 2.05) is 30.3 Å². The minimum Gasteiger partial charge on any atom is -0.481 e. The first-order chi connectivity index (χ1) is 10.2. The highest BCUT2D eigenvalue weighted by Crippen LogP contribution is 2.23. The van der Waals surface area contributed by atoms with E-state index in [2.05, 4.69) is 10.6 Å². The molecule has 3 N–H and O–H groups in total. The van der Waals surface area contributed by atoms with Crippen LogP contribution in [0.25, 0.3) is 0 Å². The fourth-order valence-electron chi connectivity index (χ4n) is 2.77. The summed E-state index contributed by atoms with van der Waals surface area (Å²) < 4.78 is 0. The number of urea groups is 1. The van der Waals surface area contributed by atoms with Crippen molar-refractivity contribution >= 4 is 12.0 Å². The Morgan fingerprint density at radius 1 is 1.10 bits per heavy atom. The third-order valence-corrected chi connectivity index (χ3v) is 3.95. The highest BCUT2D eigenvalue weighted by Gasteiger charge is 2.30. The number of carbonyl (C=O) groups is 2. The highest BCUT2D eigenvalue weighted by atomic mass is 16.4. The minimum atomic E-state index is -0.815. The van der Waals surface area contributed by atoms with E-state index in [9.17, 15) is 14.7 Å². The Hall–Kier alpha value is -2.04. The molecule has 2 amide bonds. The van der Waals surface area contributed by atoms with Crippen molar-refractivity contribution in [2.45, 2.75) is 44.7 Å². The van der Waals surface area contributed by atoms with E-state index < -0.39 is 11.9 Å². The van der Waals surface area contributed by atoms with Gasteiger partial charge < -0.3 is 15.7 Å². The molecule has 114 valence electrons. The van der Waals surface area contributed by atoms with Gasteiger partial charge in [-0.15, -0.1) is 0 Å². The quantitative estimate of drug-likeness (QED) is 0.746. The van der Waals surface area contributed by atoms with E-state index >= 15 is 0 Å². The molecule has 1 saturated carbocycles. The number of amides is 2. The number of benzene rings is 1. The van der Waals surface area contributed by atoms with E-state index in [4.69, 9.17) is 0 Å². The zero-order valence-electron chi connectivity index (χ0n) is 12.0. The first kappa shape index (κ1) is 15.4. The summed E-state index contributed by atoms with van der Waals surface area (Å²) in [6.07, 6.45) is 4.29. The van der Waals surface area contributed by atoms with Crippen LogP contribution in [0.2, 0.25) is 0 Å². The summed E-state index contributed by atoms with van der Waals surface area (Å²) in [5, 5.41) is 14.9. The molecule has 2 unspecified atom stereocenters. The Morgan fingerprint density at radius 2 is 1.81 bits per heavy atom. The Labute approximate surface area is 124 Å². The third-order valence-electron chi connectivity index (χ3n) is 3.95. The summed E-state index contributed by atoms with van der Waals surface area (Å²) in [5.41, 5.74) is 1.02. The van der Waals surface area contributed by atoms with Crippen molar-refractivity contribution in [2.75, 3.05) is 0 Å². The van der Waals surface area contributed by atoms with Crippen molar-refractivity contribution in [3.05, 3.63) is 35.9 Å². The highest BCUT2D eigenvalue weighted by molar-refractivity contribution is 5.76. The molecule has 1 fully saturated rings. The third kappa shape index (κ3) is 4.77. The summed E-state index contributed by atoms with van der Waals surface area (Å²) in [6.45, 7) is 0.442. The maximum atomic E-state index is 11.9. The molecule has 2 rings (SSSR count). The molecular formula is C16H22N2O3. The summed E-state index contributed by atoms with van der Waals surface area (Å²) in [4.78, 5) is 23.3. The van der Waals surface area contributed by atoms with Gasteiger partial charge in [-0.05, 0) is 18.4 Å². The van der Waals surface area contributed by atoms with Gasteiger partial charge in [-0.1, -0.05) is 49.6 Å². The molecular weight excluding hydrogens is 268 g/mol. The van der Waals surface area contributed by atoms with Crippen LogP contribution < -0.4 is 10.6 Å². The standard InChI is InChI=1S/C16H22N2O3/c19-15(20)13-9-5-2-6-10-14(13)18-16(21)17-11-12-7-3-1-4-8-12/h1,3-4,7-8,13-14H,2,5-6,9-11H2,(H,19,20)(H2,17,18,21). The van der Waals surface area contributed by atoms with Crippen LogP contribution in [0.5, 0.6) is 0 Å². The van der Waals surface area contributed by atoms with E-state index in [1.54, 1.807) is 0 Å². The fraction of sp³-hybridized carbons (Fsp3) is 0.500. The normalized spacial score (nSPS) is 22.1. The zero-order valence-corrected chi connectivity index (χ0v) is 12.0. The molecule has 1 aromatic rings. The number of carbonyl (C=O) groups excluding carboxylic acids is 1. The van der Waals surface area contributed by atoms with Crippen LogP contribution in [0.1, 0.15) is 37.7 Å². The van der Waals surface area contributed by atoms with Gasteiger partial charge in [-0.25, -0.2) is 4.79 Å². The molecule has 5 heteroatoms. The molecule has 1 aromatic carbocycles. The average Bonchev–Trinajstić information content (AvgIpc) is 2.72. The van der Waals surface area contributed by atoms with Crippen LogP contribution in [-0.4, -0.2) is 23.1 Å². The first-order valence-electron chi connectivity index (χ1n) is 7.48. The molecule has 0 radical (unpaired) electrons. The van der Waals surface area contributed by atoms with Gasteiger partial charge in [-0.3, -0.25) is 4.79 Å². The number of rotatable bonds is 4. The number of hydrogen-bond donors (Lipinski definition) is 3. The Balaban J connectivity index is 1.86. The van der Waals surface area contributed by atoms with Crippen LogP contribution in [0.15, 0.2) is 30.3 Å². The molecule has 2 atom stereocenters. The molecule has 0 bridgehead atoms. The van der Waals surface area contributed by atoms with Crippen LogP contribution in [0, 0.1) is 5.92 Å². The molecule has 0 spiro atoms. The van der Waals surface area contributed by atoms with Crippen molar-refractivity contribution in [2.24, 2.45) is 5.92 Å². The maximum Gasteiger partial charge on any atom is 0.315 e. The van der Waals surface area contributed by atoms with Crippen molar-refractivity contribution in [1.29, 1.82) is 0 Å². The number of carboxylic acids is 1. The molecule has 0 aromatic heterocycles. The van der Waals surface area contributed by atoms with Crippen molar-refractivity contribution < 1.29 is 14.7 Å². The molecule has 5 nitrogen and oxygen atoms in total. The summed E-state index contributed by atoms with van der Waals surface area (Å²) in [5.74, 6) is -1.29. The average molecular weight is 290 g/mol. The van der Waals surface area contributed by atoms with E-state index in [1.165, 1.54) is 0 Å². The minimum absolute atomic E-state index is 0.277. The smallest absolute Gasteiger partial charge is 0.315 e. The first-order valence-corrected chi connectivity index (χ1v) is 7.48. The van der Waals surface area contributed by atoms with Gasteiger partial charge in [0.15, 0.2) is 0 Å². The monoisotopic (exact) mass is 290 g/mol. The van der Waals surface area contributed by atoms with Crippen molar-refractivity contribution in [1.82, 2.24) is 10.6 Å². The predicted molar refractivity (Wildman–Crippen MR) is 79.8 cm³/mol. The number of carboxylic acid groups (broad SMARTS) is 1. The Kier molecular flexibility index (Phi) is 5.60. The number of nitrogens with one attached hydrogen (secondary N) is 2. The molecule has 1 aliphatic carbocycles. The van der Waals surface area contributed by atoms with Gasteiger partial charge in [-0.2, -0.15) is 0 Å². The molecule has 0 saturated heterocycles. The second kappa shape index (κ2) is 7.67. The van der Waals surface area contributed by atoms with Crippen LogP contribution in [0.3, 0.4) is 0 Å². The lowest BCUT2D eigenvalue weighted by molar-refractivity contribution is -0.142. The summed E-state index contributed by atoms with van der Waals surface area (Å²) in [6, 6.07) is 9.06. The van der Waals surface area contributed by atoms with Gasteiger partial charge in [0.25, 0.3) is 0 Å². The Bertz CT molecular complexity index is 476. The van der Waals surface area contributed by atoms with Crippen LogP contribution in [0.4, 0.5) is 4.79 Å². The van der Waals surface area contributed by atoms with Gasteiger partial charge in [0, 0.05) is 12.6 Å². The second-order valence-electron chi connectivity index (χ2n) is 5.50. The van der Waals surface area contributed by atoms with Crippen molar-refractivity contribution in [3.8, 4) is 0 Å². The summed E-state index contributed by atoms with van der Waals surface area (Å²) >= 11 is 0. The molecule has 0 heterocycles. The van der Waals surface area contributed by atoms with Gasteiger partial charge in [0.1, 0.15) is 0 Å². The van der Waals surface area contributed by atoms with E-state index in [-0.39, 0.29) is 12.1 Å². The number of aliphatic carboxylic acids is 1. The van der Waals surface area contributed by atoms with Crippen LogP contribution in [-0.2, 0) is 11.3 Å². The molecule has 1 aliphatic rings. The van der Waals surface area contributed by atoms with Crippen molar-refractivity contribution in [3.63, 3.8) is 0 Å². The topological polar surface area (TPSA) is 78.4 Å². The lowest BCUT2D eigenvalue weighted by Gasteiger charge is -2.23. The second-order valence-corrected chi connectivity index (χ2v) is 5.50. The van der Waals surface area contributed by atoms with Crippen LogP contribution >= 0.6 is 0 Å².